The first-order valence-corrected chi connectivity index (χ1v) is 7.75. The summed E-state index contributed by atoms with van der Waals surface area (Å²) in [4.78, 5) is 6.79. The Balaban J connectivity index is 1.47. The largest absolute Gasteiger partial charge is 0.376 e. The van der Waals surface area contributed by atoms with Crippen LogP contribution in [0, 0.1) is 5.92 Å². The molecule has 1 aromatic rings. The Labute approximate surface area is 120 Å². The molecule has 0 radical (unpaired) electrons. The van der Waals surface area contributed by atoms with Crippen molar-refractivity contribution in [2.24, 2.45) is 5.92 Å². The molecule has 0 bridgehead atoms. The molecule has 3 heterocycles. The first-order chi connectivity index (χ1) is 9.62. The maximum Gasteiger partial charge on any atom is 0.213 e. The Bertz CT molecular complexity index is 411. The van der Waals surface area contributed by atoms with Gasteiger partial charge in [-0.1, -0.05) is 5.16 Å². The van der Waals surface area contributed by atoms with Crippen molar-refractivity contribution in [2.75, 3.05) is 26.2 Å². The van der Waals surface area contributed by atoms with Crippen molar-refractivity contribution in [1.82, 2.24) is 15.0 Å². The fourth-order valence-electron chi connectivity index (χ4n) is 3.61. The van der Waals surface area contributed by atoms with Crippen molar-refractivity contribution >= 4 is 0 Å². The van der Waals surface area contributed by atoms with Crippen LogP contribution in [0.5, 0.6) is 0 Å². The highest BCUT2D eigenvalue weighted by molar-refractivity contribution is 4.95. The monoisotopic (exact) mass is 279 g/mol. The predicted octanol–water partition coefficient (Wildman–Crippen LogP) is 2.45. The summed E-state index contributed by atoms with van der Waals surface area (Å²) in [5.74, 6) is 2.15. The molecule has 5 nitrogen and oxygen atoms in total. The molecule has 5 heteroatoms. The van der Waals surface area contributed by atoms with Gasteiger partial charge in [0.2, 0.25) is 6.39 Å². The smallest absolute Gasteiger partial charge is 0.213 e. The van der Waals surface area contributed by atoms with Crippen molar-refractivity contribution < 1.29 is 9.26 Å². The van der Waals surface area contributed by atoms with Gasteiger partial charge in [0.1, 0.15) is 0 Å². The lowest BCUT2D eigenvalue weighted by molar-refractivity contribution is -0.0775. The van der Waals surface area contributed by atoms with E-state index in [0.29, 0.717) is 5.92 Å². The number of nitrogens with zero attached hydrogens (tertiary/aromatic N) is 3. The van der Waals surface area contributed by atoms with E-state index in [1.807, 2.05) is 0 Å². The van der Waals surface area contributed by atoms with Crippen LogP contribution in [0.2, 0.25) is 0 Å². The normalized spacial score (nSPS) is 28.6. The second-order valence-electron chi connectivity index (χ2n) is 6.83. The summed E-state index contributed by atoms with van der Waals surface area (Å²) in [6.07, 6.45) is 6.11. The standard InChI is InChI=1S/C15H25N3O2/c1-15(2)9-12(5-8-19-15)10-18-6-3-13(4-7-18)14-16-11-20-17-14/h11-13H,3-10H2,1-2H3. The molecule has 0 N–H and O–H groups in total. The summed E-state index contributed by atoms with van der Waals surface area (Å²) in [5.41, 5.74) is 0.0614. The van der Waals surface area contributed by atoms with Crippen LogP contribution in [0.1, 0.15) is 51.3 Å². The van der Waals surface area contributed by atoms with Crippen molar-refractivity contribution in [3.05, 3.63) is 12.2 Å². The molecule has 0 aliphatic carbocycles. The van der Waals surface area contributed by atoms with Crippen LogP contribution in [-0.2, 0) is 4.74 Å². The third kappa shape index (κ3) is 3.38. The van der Waals surface area contributed by atoms with Crippen LogP contribution in [0.15, 0.2) is 10.9 Å². The third-order valence-corrected chi connectivity index (χ3v) is 4.65. The van der Waals surface area contributed by atoms with Gasteiger partial charge in [-0.05, 0) is 58.5 Å². The van der Waals surface area contributed by atoms with Gasteiger partial charge in [-0.15, -0.1) is 0 Å². The van der Waals surface area contributed by atoms with Crippen LogP contribution in [0.3, 0.4) is 0 Å². The lowest BCUT2D eigenvalue weighted by atomic mass is 9.87. The minimum atomic E-state index is 0.0614. The van der Waals surface area contributed by atoms with E-state index in [1.54, 1.807) is 0 Å². The van der Waals surface area contributed by atoms with E-state index >= 15 is 0 Å². The van der Waals surface area contributed by atoms with E-state index in [1.165, 1.54) is 25.8 Å². The second kappa shape index (κ2) is 5.82. The Morgan fingerprint density at radius 2 is 2.10 bits per heavy atom. The van der Waals surface area contributed by atoms with Crippen LogP contribution in [0.25, 0.3) is 0 Å². The maximum absolute atomic E-state index is 5.81. The SMILES string of the molecule is CC1(C)CC(CN2CCC(c3ncon3)CC2)CCO1. The molecule has 20 heavy (non-hydrogen) atoms. The number of piperidine rings is 1. The van der Waals surface area contributed by atoms with Gasteiger partial charge in [-0.3, -0.25) is 0 Å². The van der Waals surface area contributed by atoms with E-state index in [4.69, 9.17) is 9.26 Å². The molecule has 2 aliphatic rings. The number of rotatable bonds is 3. The molecule has 1 aromatic heterocycles. The number of ether oxygens (including phenoxy) is 1. The minimum absolute atomic E-state index is 0.0614. The van der Waals surface area contributed by atoms with E-state index in [9.17, 15) is 0 Å². The molecular formula is C15H25N3O2. The summed E-state index contributed by atoms with van der Waals surface area (Å²) < 4.78 is 10.7. The average Bonchev–Trinajstić information content (AvgIpc) is 2.92. The van der Waals surface area contributed by atoms with Crippen LogP contribution >= 0.6 is 0 Å². The molecule has 0 saturated carbocycles. The van der Waals surface area contributed by atoms with E-state index in [0.717, 1.165) is 44.3 Å². The summed E-state index contributed by atoms with van der Waals surface area (Å²) in [5, 5.41) is 3.98. The average molecular weight is 279 g/mol. The molecule has 1 atom stereocenters. The van der Waals surface area contributed by atoms with Gasteiger partial charge >= 0.3 is 0 Å². The first-order valence-electron chi connectivity index (χ1n) is 7.75. The van der Waals surface area contributed by atoms with Gasteiger partial charge in [-0.2, -0.15) is 4.98 Å². The first kappa shape index (κ1) is 14.0. The Morgan fingerprint density at radius 1 is 1.30 bits per heavy atom. The molecule has 0 aromatic carbocycles. The highest BCUT2D eigenvalue weighted by atomic mass is 16.5. The Morgan fingerprint density at radius 3 is 2.75 bits per heavy atom. The molecule has 2 fully saturated rings. The van der Waals surface area contributed by atoms with Gasteiger partial charge in [-0.25, -0.2) is 0 Å². The number of hydrogen-bond acceptors (Lipinski definition) is 5. The number of aromatic nitrogens is 2. The fraction of sp³-hybridized carbons (Fsp3) is 0.867. The highest BCUT2D eigenvalue weighted by Crippen LogP contribution is 2.31. The minimum Gasteiger partial charge on any atom is -0.376 e. The zero-order chi connectivity index (χ0) is 14.0. The quantitative estimate of drug-likeness (QED) is 0.850. The molecule has 3 rings (SSSR count). The van der Waals surface area contributed by atoms with Gasteiger partial charge in [0.15, 0.2) is 5.82 Å². The number of likely N-dealkylation sites (tertiary alicyclic amines) is 1. The Kier molecular flexibility index (Phi) is 4.08. The third-order valence-electron chi connectivity index (χ3n) is 4.65. The van der Waals surface area contributed by atoms with Crippen LogP contribution in [0.4, 0.5) is 0 Å². The molecule has 2 saturated heterocycles. The maximum atomic E-state index is 5.81. The molecule has 112 valence electrons. The zero-order valence-electron chi connectivity index (χ0n) is 12.5. The van der Waals surface area contributed by atoms with E-state index in [2.05, 4.69) is 28.9 Å². The predicted molar refractivity (Wildman–Crippen MR) is 75.5 cm³/mol. The summed E-state index contributed by atoms with van der Waals surface area (Å²) in [6.45, 7) is 8.85. The summed E-state index contributed by atoms with van der Waals surface area (Å²) >= 11 is 0. The zero-order valence-corrected chi connectivity index (χ0v) is 12.5. The van der Waals surface area contributed by atoms with Crippen molar-refractivity contribution in [3.8, 4) is 0 Å². The van der Waals surface area contributed by atoms with Gasteiger partial charge in [0.05, 0.1) is 5.60 Å². The van der Waals surface area contributed by atoms with Crippen molar-refractivity contribution in [3.63, 3.8) is 0 Å². The van der Waals surface area contributed by atoms with Crippen molar-refractivity contribution in [2.45, 2.75) is 51.0 Å². The molecule has 2 aliphatic heterocycles. The van der Waals surface area contributed by atoms with Gasteiger partial charge < -0.3 is 14.2 Å². The lowest BCUT2D eigenvalue weighted by Gasteiger charge is -2.39. The van der Waals surface area contributed by atoms with E-state index in [-0.39, 0.29) is 5.60 Å². The Hall–Kier alpha value is -0.940. The summed E-state index contributed by atoms with van der Waals surface area (Å²) in [7, 11) is 0. The molecule has 0 spiro atoms. The molecule has 0 amide bonds. The van der Waals surface area contributed by atoms with E-state index < -0.39 is 0 Å². The van der Waals surface area contributed by atoms with Crippen molar-refractivity contribution in [1.29, 1.82) is 0 Å². The highest BCUT2D eigenvalue weighted by Gasteiger charge is 2.31. The lowest BCUT2D eigenvalue weighted by Crippen LogP contribution is -2.42. The second-order valence-corrected chi connectivity index (χ2v) is 6.83. The van der Waals surface area contributed by atoms with Crippen LogP contribution < -0.4 is 0 Å². The molecule has 1 unspecified atom stereocenters. The topological polar surface area (TPSA) is 51.4 Å². The van der Waals surface area contributed by atoms with Gasteiger partial charge in [0, 0.05) is 19.1 Å². The molecular weight excluding hydrogens is 254 g/mol. The summed E-state index contributed by atoms with van der Waals surface area (Å²) in [6, 6.07) is 0. The fourth-order valence-corrected chi connectivity index (χ4v) is 3.61. The van der Waals surface area contributed by atoms with Gasteiger partial charge in [0.25, 0.3) is 0 Å². The number of hydrogen-bond donors (Lipinski definition) is 0. The van der Waals surface area contributed by atoms with Crippen LogP contribution in [-0.4, -0.2) is 46.9 Å².